The Kier molecular flexibility index (Phi) is 4.22. The van der Waals surface area contributed by atoms with E-state index in [1.807, 2.05) is 37.3 Å². The van der Waals surface area contributed by atoms with Gasteiger partial charge in [-0.2, -0.15) is 0 Å². The number of aryl methyl sites for hydroxylation is 1. The van der Waals surface area contributed by atoms with Crippen LogP contribution >= 0.6 is 15.9 Å². The smallest absolute Gasteiger partial charge is 0.255 e. The van der Waals surface area contributed by atoms with Gasteiger partial charge in [0.05, 0.1) is 11.6 Å². The maximum Gasteiger partial charge on any atom is 0.255 e. The van der Waals surface area contributed by atoms with E-state index in [1.54, 1.807) is 19.2 Å². The number of anilines is 1. The van der Waals surface area contributed by atoms with Crippen molar-refractivity contribution in [2.24, 2.45) is 0 Å². The predicted molar refractivity (Wildman–Crippen MR) is 79.8 cm³/mol. The Morgan fingerprint density at radius 3 is 2.58 bits per heavy atom. The van der Waals surface area contributed by atoms with E-state index < -0.39 is 0 Å². The molecule has 0 saturated heterocycles. The van der Waals surface area contributed by atoms with E-state index >= 15 is 0 Å². The van der Waals surface area contributed by atoms with Crippen molar-refractivity contribution in [2.45, 2.75) is 6.92 Å². The molecule has 0 saturated carbocycles. The molecule has 0 radical (unpaired) electrons. The van der Waals surface area contributed by atoms with E-state index in [1.165, 1.54) is 0 Å². The van der Waals surface area contributed by atoms with Crippen molar-refractivity contribution in [2.75, 3.05) is 12.4 Å². The fourth-order valence-corrected chi connectivity index (χ4v) is 2.31. The van der Waals surface area contributed by atoms with Crippen LogP contribution in [0, 0.1) is 6.92 Å². The van der Waals surface area contributed by atoms with Gasteiger partial charge in [0.15, 0.2) is 0 Å². The van der Waals surface area contributed by atoms with Crippen LogP contribution in [-0.2, 0) is 0 Å². The SMILES string of the molecule is COc1ccc(NC(=O)c2ccccc2C)cc1Br. The second-order valence-electron chi connectivity index (χ2n) is 4.12. The number of hydrogen-bond donors (Lipinski definition) is 1. The molecule has 3 nitrogen and oxygen atoms in total. The van der Waals surface area contributed by atoms with Crippen LogP contribution < -0.4 is 10.1 Å². The molecule has 2 rings (SSSR count). The Morgan fingerprint density at radius 1 is 1.21 bits per heavy atom. The Labute approximate surface area is 120 Å². The Bertz CT molecular complexity index is 611. The molecule has 4 heteroatoms. The minimum absolute atomic E-state index is 0.116. The van der Waals surface area contributed by atoms with Crippen LogP contribution in [0.15, 0.2) is 46.9 Å². The summed E-state index contributed by atoms with van der Waals surface area (Å²) in [6, 6.07) is 12.9. The van der Waals surface area contributed by atoms with Gasteiger partial charge in [-0.3, -0.25) is 4.79 Å². The van der Waals surface area contributed by atoms with Crippen LogP contribution in [0.3, 0.4) is 0 Å². The van der Waals surface area contributed by atoms with Gasteiger partial charge in [0.1, 0.15) is 5.75 Å². The average molecular weight is 320 g/mol. The van der Waals surface area contributed by atoms with Gasteiger partial charge in [0.2, 0.25) is 0 Å². The first kappa shape index (κ1) is 13.6. The number of halogens is 1. The zero-order valence-electron chi connectivity index (χ0n) is 10.7. The van der Waals surface area contributed by atoms with E-state index in [4.69, 9.17) is 4.74 Å². The Hall–Kier alpha value is -1.81. The molecule has 19 heavy (non-hydrogen) atoms. The third-order valence-corrected chi connectivity index (χ3v) is 3.42. The summed E-state index contributed by atoms with van der Waals surface area (Å²) in [5.74, 6) is 0.615. The summed E-state index contributed by atoms with van der Waals surface area (Å²) in [7, 11) is 1.60. The number of rotatable bonds is 3. The van der Waals surface area contributed by atoms with Gasteiger partial charge >= 0.3 is 0 Å². The molecule has 0 unspecified atom stereocenters. The quantitative estimate of drug-likeness (QED) is 0.928. The lowest BCUT2D eigenvalue weighted by Gasteiger charge is -2.09. The summed E-state index contributed by atoms with van der Waals surface area (Å²) in [5, 5.41) is 2.87. The van der Waals surface area contributed by atoms with Crippen LogP contribution in [0.5, 0.6) is 5.75 Å². The molecule has 98 valence electrons. The molecule has 0 aliphatic carbocycles. The second kappa shape index (κ2) is 5.89. The third kappa shape index (κ3) is 3.15. The van der Waals surface area contributed by atoms with Crippen molar-refractivity contribution >= 4 is 27.5 Å². The molecule has 0 aliphatic rings. The van der Waals surface area contributed by atoms with E-state index in [2.05, 4.69) is 21.2 Å². The number of methoxy groups -OCH3 is 1. The van der Waals surface area contributed by atoms with Crippen molar-refractivity contribution in [3.8, 4) is 5.75 Å². The number of carbonyl (C=O) groups is 1. The Morgan fingerprint density at radius 2 is 1.95 bits per heavy atom. The molecule has 0 aliphatic heterocycles. The summed E-state index contributed by atoms with van der Waals surface area (Å²) in [4.78, 5) is 12.1. The van der Waals surface area contributed by atoms with Gasteiger partial charge in [0, 0.05) is 11.3 Å². The third-order valence-electron chi connectivity index (χ3n) is 2.80. The van der Waals surface area contributed by atoms with Gasteiger partial charge < -0.3 is 10.1 Å². The Balaban J connectivity index is 2.20. The van der Waals surface area contributed by atoms with Crippen LogP contribution in [0.4, 0.5) is 5.69 Å². The molecule has 0 spiro atoms. The van der Waals surface area contributed by atoms with Gasteiger partial charge in [-0.1, -0.05) is 18.2 Å². The minimum Gasteiger partial charge on any atom is -0.496 e. The highest BCUT2D eigenvalue weighted by molar-refractivity contribution is 9.10. The van der Waals surface area contributed by atoms with Gasteiger partial charge in [-0.25, -0.2) is 0 Å². The molecular formula is C15H14BrNO2. The molecule has 2 aromatic rings. The van der Waals surface area contributed by atoms with E-state index in [-0.39, 0.29) is 5.91 Å². The predicted octanol–water partition coefficient (Wildman–Crippen LogP) is 4.02. The highest BCUT2D eigenvalue weighted by Crippen LogP contribution is 2.28. The average Bonchev–Trinajstić information content (AvgIpc) is 2.39. The fourth-order valence-electron chi connectivity index (χ4n) is 1.77. The first-order valence-electron chi connectivity index (χ1n) is 5.82. The van der Waals surface area contributed by atoms with Gasteiger partial charge in [-0.05, 0) is 52.7 Å². The van der Waals surface area contributed by atoms with Gasteiger partial charge in [-0.15, -0.1) is 0 Å². The topological polar surface area (TPSA) is 38.3 Å². The standard InChI is InChI=1S/C15H14BrNO2/c1-10-5-3-4-6-12(10)15(18)17-11-7-8-14(19-2)13(16)9-11/h3-9H,1-2H3,(H,17,18). The molecule has 0 aromatic heterocycles. The number of benzene rings is 2. The maximum absolute atomic E-state index is 12.1. The summed E-state index contributed by atoms with van der Waals surface area (Å²) in [6.45, 7) is 1.92. The molecule has 2 aromatic carbocycles. The summed E-state index contributed by atoms with van der Waals surface area (Å²) >= 11 is 3.39. The first-order chi connectivity index (χ1) is 9.11. The highest BCUT2D eigenvalue weighted by atomic mass is 79.9. The van der Waals surface area contributed by atoms with Crippen molar-refractivity contribution in [3.63, 3.8) is 0 Å². The zero-order chi connectivity index (χ0) is 13.8. The highest BCUT2D eigenvalue weighted by Gasteiger charge is 2.09. The maximum atomic E-state index is 12.1. The van der Waals surface area contributed by atoms with Crippen molar-refractivity contribution < 1.29 is 9.53 Å². The van der Waals surface area contributed by atoms with Crippen LogP contribution in [0.1, 0.15) is 15.9 Å². The lowest BCUT2D eigenvalue weighted by atomic mass is 10.1. The molecule has 0 bridgehead atoms. The number of amides is 1. The number of nitrogens with one attached hydrogen (secondary N) is 1. The summed E-state index contributed by atoms with van der Waals surface area (Å²) < 4.78 is 5.95. The molecule has 0 heterocycles. The first-order valence-corrected chi connectivity index (χ1v) is 6.61. The minimum atomic E-state index is -0.116. The molecule has 1 N–H and O–H groups in total. The normalized spacial score (nSPS) is 10.1. The van der Waals surface area contributed by atoms with E-state index in [9.17, 15) is 4.79 Å². The summed E-state index contributed by atoms with van der Waals surface area (Å²) in [6.07, 6.45) is 0. The number of ether oxygens (including phenoxy) is 1. The molecule has 0 fully saturated rings. The van der Waals surface area contributed by atoms with Crippen molar-refractivity contribution in [3.05, 3.63) is 58.1 Å². The van der Waals surface area contributed by atoms with Crippen LogP contribution in [-0.4, -0.2) is 13.0 Å². The fraction of sp³-hybridized carbons (Fsp3) is 0.133. The summed E-state index contributed by atoms with van der Waals surface area (Å²) in [5.41, 5.74) is 2.35. The molecular weight excluding hydrogens is 306 g/mol. The van der Waals surface area contributed by atoms with E-state index in [0.717, 1.165) is 21.5 Å². The zero-order valence-corrected chi connectivity index (χ0v) is 12.3. The lowest BCUT2D eigenvalue weighted by molar-refractivity contribution is 0.102. The van der Waals surface area contributed by atoms with E-state index in [0.29, 0.717) is 5.56 Å². The number of carbonyl (C=O) groups excluding carboxylic acids is 1. The van der Waals surface area contributed by atoms with Crippen molar-refractivity contribution in [1.82, 2.24) is 0 Å². The largest absolute Gasteiger partial charge is 0.496 e. The van der Waals surface area contributed by atoms with Crippen molar-refractivity contribution in [1.29, 1.82) is 0 Å². The van der Waals surface area contributed by atoms with Crippen LogP contribution in [0.2, 0.25) is 0 Å². The van der Waals surface area contributed by atoms with Gasteiger partial charge in [0.25, 0.3) is 5.91 Å². The lowest BCUT2D eigenvalue weighted by Crippen LogP contribution is -2.13. The monoisotopic (exact) mass is 319 g/mol. The number of hydrogen-bond acceptors (Lipinski definition) is 2. The molecule has 0 atom stereocenters. The second-order valence-corrected chi connectivity index (χ2v) is 4.97. The molecule has 1 amide bonds. The van der Waals surface area contributed by atoms with Crippen LogP contribution in [0.25, 0.3) is 0 Å².